The number of nitrogens with one attached hydrogen (secondary N) is 1. The summed E-state index contributed by atoms with van der Waals surface area (Å²) < 4.78 is 23.4. The van der Waals surface area contributed by atoms with Crippen LogP contribution in [0.15, 0.2) is 47.6 Å². The first-order valence-electron chi connectivity index (χ1n) is 9.80. The number of ether oxygens (including phenoxy) is 4. The van der Waals surface area contributed by atoms with Crippen LogP contribution in [0.25, 0.3) is 11.4 Å². The Morgan fingerprint density at radius 3 is 2.75 bits per heavy atom. The number of nitrogens with zero attached hydrogens (tertiary/aromatic N) is 3. The van der Waals surface area contributed by atoms with E-state index in [1.165, 1.54) is 16.4 Å². The number of rotatable bonds is 8. The molecule has 0 radical (unpaired) electrons. The van der Waals surface area contributed by atoms with Crippen LogP contribution in [0.2, 0.25) is 0 Å². The highest BCUT2D eigenvalue weighted by Gasteiger charge is 2.21. The molecule has 1 amide bonds. The molecule has 168 valence electrons. The van der Waals surface area contributed by atoms with Crippen molar-refractivity contribution in [2.75, 3.05) is 39.0 Å². The maximum absolute atomic E-state index is 12.3. The fourth-order valence-electron chi connectivity index (χ4n) is 3.12. The molecule has 4 rings (SSSR count). The van der Waals surface area contributed by atoms with Gasteiger partial charge in [0.05, 0.1) is 26.5 Å². The van der Waals surface area contributed by atoms with Crippen LogP contribution in [-0.4, -0.2) is 60.0 Å². The number of nitrogen functional groups attached to an aromatic ring is 1. The summed E-state index contributed by atoms with van der Waals surface area (Å²) in [4.78, 5) is 12.3. The van der Waals surface area contributed by atoms with Gasteiger partial charge in [0, 0.05) is 5.56 Å². The van der Waals surface area contributed by atoms with Crippen LogP contribution in [0.1, 0.15) is 0 Å². The van der Waals surface area contributed by atoms with Gasteiger partial charge in [0.25, 0.3) is 0 Å². The molecule has 3 aromatic rings. The minimum Gasteiger partial charge on any atom is -0.493 e. The molecule has 0 aliphatic carbocycles. The van der Waals surface area contributed by atoms with E-state index in [0.717, 1.165) is 0 Å². The van der Waals surface area contributed by atoms with Crippen molar-refractivity contribution in [1.82, 2.24) is 20.2 Å². The van der Waals surface area contributed by atoms with Crippen LogP contribution >= 0.6 is 11.8 Å². The van der Waals surface area contributed by atoms with E-state index in [0.29, 0.717) is 52.7 Å². The number of methoxy groups -OCH3 is 2. The SMILES string of the molecule is COc1ccc(-c2nnc(SCC(=O)NC[C@@H]3COc4ccccc4O3)n2N)cc1OC. The Hall–Kier alpha value is -3.60. The van der Waals surface area contributed by atoms with E-state index in [9.17, 15) is 4.79 Å². The first-order chi connectivity index (χ1) is 15.6. The fraction of sp³-hybridized carbons (Fsp3) is 0.286. The number of carbonyl (C=O) groups is 1. The molecule has 0 saturated carbocycles. The maximum Gasteiger partial charge on any atom is 0.230 e. The van der Waals surface area contributed by atoms with Crippen LogP contribution in [0.4, 0.5) is 0 Å². The van der Waals surface area contributed by atoms with Crippen molar-refractivity contribution in [2.45, 2.75) is 11.3 Å². The lowest BCUT2D eigenvalue weighted by Crippen LogP contribution is -2.41. The normalized spacial score (nSPS) is 14.6. The van der Waals surface area contributed by atoms with E-state index in [-0.39, 0.29) is 17.8 Å². The van der Waals surface area contributed by atoms with Gasteiger partial charge in [-0.1, -0.05) is 23.9 Å². The Bertz CT molecular complexity index is 1110. The van der Waals surface area contributed by atoms with Gasteiger partial charge < -0.3 is 30.1 Å². The summed E-state index contributed by atoms with van der Waals surface area (Å²) in [5, 5.41) is 11.5. The van der Waals surface area contributed by atoms with Crippen molar-refractivity contribution >= 4 is 17.7 Å². The topological polar surface area (TPSA) is 123 Å². The summed E-state index contributed by atoms with van der Waals surface area (Å²) in [5.41, 5.74) is 0.712. The van der Waals surface area contributed by atoms with Crippen molar-refractivity contribution in [3.63, 3.8) is 0 Å². The van der Waals surface area contributed by atoms with Gasteiger partial charge in [-0.15, -0.1) is 10.2 Å². The number of nitrogens with two attached hydrogens (primary N) is 1. The number of hydrogen-bond donors (Lipinski definition) is 2. The minimum absolute atomic E-state index is 0.130. The quantitative estimate of drug-likeness (QED) is 0.384. The van der Waals surface area contributed by atoms with Crippen molar-refractivity contribution in [3.05, 3.63) is 42.5 Å². The highest BCUT2D eigenvalue weighted by atomic mass is 32.2. The largest absolute Gasteiger partial charge is 0.493 e. The molecule has 0 saturated heterocycles. The molecule has 2 heterocycles. The molecule has 0 fully saturated rings. The van der Waals surface area contributed by atoms with E-state index >= 15 is 0 Å². The van der Waals surface area contributed by atoms with Gasteiger partial charge in [-0.3, -0.25) is 4.79 Å². The minimum atomic E-state index is -0.256. The molecule has 0 spiro atoms. The second kappa shape index (κ2) is 9.69. The number of hydrogen-bond acceptors (Lipinski definition) is 9. The van der Waals surface area contributed by atoms with Gasteiger partial charge in [-0.05, 0) is 30.3 Å². The third kappa shape index (κ3) is 4.67. The lowest BCUT2D eigenvalue weighted by molar-refractivity contribution is -0.119. The fourth-order valence-corrected chi connectivity index (χ4v) is 3.81. The molecular formula is C21H23N5O5S. The lowest BCUT2D eigenvalue weighted by Gasteiger charge is -2.26. The first-order valence-corrected chi connectivity index (χ1v) is 10.8. The monoisotopic (exact) mass is 457 g/mol. The number of para-hydroxylation sites is 2. The highest BCUT2D eigenvalue weighted by Crippen LogP contribution is 2.32. The maximum atomic E-state index is 12.3. The summed E-state index contributed by atoms with van der Waals surface area (Å²) >= 11 is 1.19. The molecule has 10 nitrogen and oxygen atoms in total. The van der Waals surface area contributed by atoms with Crippen molar-refractivity contribution in [2.24, 2.45) is 0 Å². The lowest BCUT2D eigenvalue weighted by atomic mass is 10.2. The third-order valence-electron chi connectivity index (χ3n) is 4.73. The number of thioether (sulfide) groups is 1. The smallest absolute Gasteiger partial charge is 0.230 e. The molecule has 0 bridgehead atoms. The molecule has 2 aromatic carbocycles. The zero-order valence-electron chi connectivity index (χ0n) is 17.6. The van der Waals surface area contributed by atoms with Crippen molar-refractivity contribution in [3.8, 4) is 34.4 Å². The van der Waals surface area contributed by atoms with Gasteiger partial charge in [0.1, 0.15) is 12.7 Å². The van der Waals surface area contributed by atoms with E-state index in [1.807, 2.05) is 24.3 Å². The number of aromatic nitrogens is 3. The Kier molecular flexibility index (Phi) is 6.55. The molecule has 0 unspecified atom stereocenters. The van der Waals surface area contributed by atoms with Crippen molar-refractivity contribution < 1.29 is 23.7 Å². The number of amides is 1. The molecule has 1 aliphatic heterocycles. The number of carbonyl (C=O) groups excluding carboxylic acids is 1. The molecule has 1 aliphatic rings. The molecule has 1 atom stereocenters. The molecule has 32 heavy (non-hydrogen) atoms. The van der Waals surface area contributed by atoms with E-state index in [2.05, 4.69) is 15.5 Å². The van der Waals surface area contributed by atoms with Gasteiger partial charge in [-0.25, -0.2) is 4.68 Å². The van der Waals surface area contributed by atoms with E-state index in [1.54, 1.807) is 32.4 Å². The molecule has 3 N–H and O–H groups in total. The average Bonchev–Trinajstić information content (AvgIpc) is 3.20. The number of fused-ring (bicyclic) bond motifs is 1. The third-order valence-corrected chi connectivity index (χ3v) is 5.68. The summed E-state index contributed by atoms with van der Waals surface area (Å²) in [5.74, 6) is 9.08. The van der Waals surface area contributed by atoms with Crippen LogP contribution in [0.3, 0.4) is 0 Å². The predicted molar refractivity (Wildman–Crippen MR) is 119 cm³/mol. The molecule has 1 aromatic heterocycles. The Morgan fingerprint density at radius 1 is 1.19 bits per heavy atom. The van der Waals surface area contributed by atoms with Crippen molar-refractivity contribution in [1.29, 1.82) is 0 Å². The van der Waals surface area contributed by atoms with Crippen LogP contribution in [-0.2, 0) is 4.79 Å². The number of benzene rings is 2. The molecule has 11 heteroatoms. The Morgan fingerprint density at radius 2 is 1.97 bits per heavy atom. The standard InChI is InChI=1S/C21H23N5O5S/c1-28-15-8-7-13(9-18(15)29-2)20-24-25-21(26(20)22)32-12-19(27)23-10-14-11-30-16-5-3-4-6-17(16)31-14/h3-9,14H,10-12,22H2,1-2H3,(H,23,27)/t14-/m1/s1. The zero-order valence-corrected chi connectivity index (χ0v) is 18.4. The predicted octanol–water partition coefficient (Wildman–Crippen LogP) is 1.72. The van der Waals surface area contributed by atoms with E-state index in [4.69, 9.17) is 24.8 Å². The summed E-state index contributed by atoms with van der Waals surface area (Å²) in [6.45, 7) is 0.705. The summed E-state index contributed by atoms with van der Waals surface area (Å²) in [6.07, 6.45) is -0.256. The summed E-state index contributed by atoms with van der Waals surface area (Å²) in [6, 6.07) is 12.8. The van der Waals surface area contributed by atoms with E-state index < -0.39 is 0 Å². The second-order valence-corrected chi connectivity index (χ2v) is 7.78. The second-order valence-electron chi connectivity index (χ2n) is 6.84. The van der Waals surface area contributed by atoms with Gasteiger partial charge in [0.15, 0.2) is 28.8 Å². The summed E-state index contributed by atoms with van der Waals surface area (Å²) in [7, 11) is 3.12. The molecular weight excluding hydrogens is 434 g/mol. The van der Waals surface area contributed by atoms with Crippen LogP contribution < -0.4 is 30.1 Å². The Balaban J connectivity index is 1.31. The van der Waals surface area contributed by atoms with Gasteiger partial charge in [-0.2, -0.15) is 0 Å². The zero-order chi connectivity index (χ0) is 22.5. The first kappa shape index (κ1) is 21.6. The average molecular weight is 458 g/mol. The highest BCUT2D eigenvalue weighted by molar-refractivity contribution is 7.99. The Labute approximate surface area is 189 Å². The van der Waals surface area contributed by atoms with Crippen LogP contribution in [0.5, 0.6) is 23.0 Å². The van der Waals surface area contributed by atoms with Crippen LogP contribution in [0, 0.1) is 0 Å². The van der Waals surface area contributed by atoms with Gasteiger partial charge >= 0.3 is 0 Å². The van der Waals surface area contributed by atoms with Gasteiger partial charge in [0.2, 0.25) is 11.1 Å².